The molecule has 46 heavy (non-hydrogen) atoms. The number of aryl methyl sites for hydroxylation is 1. The van der Waals surface area contributed by atoms with E-state index in [1.165, 1.54) is 191 Å². The Hall–Kier alpha value is -1.32. The number of phenols is 1. The number of benzene rings is 1. The number of unbranched alkanes of at least 4 members (excludes halogenated alkanes) is 24. The Morgan fingerprint density at radius 3 is 1.20 bits per heavy atom. The highest BCUT2D eigenvalue weighted by Crippen LogP contribution is 2.25. The quantitative estimate of drug-likeness (QED) is 0.0460. The van der Waals surface area contributed by atoms with E-state index in [0.717, 1.165) is 12.8 Å². The zero-order chi connectivity index (χ0) is 33.6. The smallest absolute Gasteiger partial charge is 0.153 e. The summed E-state index contributed by atoms with van der Waals surface area (Å²) in [5.74, 6) is 0.523. The lowest BCUT2D eigenvalue weighted by atomic mass is 9.95. The number of hydrogen-bond donors (Lipinski definition) is 2. The minimum absolute atomic E-state index is 0.523. The maximum Gasteiger partial charge on any atom is 0.153 e. The monoisotopic (exact) mass is 657 g/mol. The molecule has 0 aliphatic rings. The Kier molecular flexibility index (Phi) is 37.0. The van der Waals surface area contributed by atoms with E-state index in [-0.39, 0.29) is 0 Å². The van der Waals surface area contributed by atoms with E-state index in [0.29, 0.717) is 5.75 Å². The van der Waals surface area contributed by atoms with Gasteiger partial charge in [0.05, 0.1) is 0 Å². The van der Waals surface area contributed by atoms with E-state index >= 15 is 0 Å². The summed E-state index contributed by atoms with van der Waals surface area (Å²) in [5, 5.41) is 10.5. The van der Waals surface area contributed by atoms with E-state index in [1.807, 2.05) is 18.7 Å². The van der Waals surface area contributed by atoms with Gasteiger partial charge in [-0.15, -0.1) is 0 Å². The van der Waals surface area contributed by atoms with Crippen LogP contribution in [0.25, 0.3) is 0 Å². The number of phenolic OH excluding ortho intramolecular Hbond substituents is 1. The zero-order valence-electron chi connectivity index (χ0n) is 31.4. The van der Waals surface area contributed by atoms with Gasteiger partial charge in [0.25, 0.3) is 0 Å². The van der Waals surface area contributed by atoms with Crippen LogP contribution in [0.15, 0.2) is 42.5 Å². The first-order valence-corrected chi connectivity index (χ1v) is 22.5. The first-order chi connectivity index (χ1) is 22.7. The number of aromatic hydroxyl groups is 1. The van der Waals surface area contributed by atoms with Crippen molar-refractivity contribution in [1.29, 1.82) is 0 Å². The molecule has 0 saturated heterocycles. The molecule has 1 aromatic carbocycles. The van der Waals surface area contributed by atoms with Crippen LogP contribution in [-0.4, -0.2) is 19.7 Å². The molecule has 0 unspecified atom stereocenters. The van der Waals surface area contributed by atoms with Crippen LogP contribution in [0.5, 0.6) is 5.75 Å². The van der Waals surface area contributed by atoms with Crippen molar-refractivity contribution in [3.8, 4) is 5.75 Å². The van der Waals surface area contributed by atoms with Gasteiger partial charge in [-0.25, -0.2) is 0 Å². The molecule has 3 heteroatoms. The highest BCUT2D eigenvalue weighted by Gasteiger charge is 2.07. The molecule has 1 rings (SSSR count). The summed E-state index contributed by atoms with van der Waals surface area (Å²) < 4.78 is 0. The van der Waals surface area contributed by atoms with E-state index in [1.54, 1.807) is 0 Å². The summed E-state index contributed by atoms with van der Waals surface area (Å²) in [5.41, 5.74) is 2.62. The van der Waals surface area contributed by atoms with Crippen LogP contribution in [0, 0.1) is 0 Å². The lowest BCUT2D eigenvalue weighted by Crippen LogP contribution is -1.96. The van der Waals surface area contributed by atoms with Gasteiger partial charge in [0, 0.05) is 0 Å². The number of allylic oxidation sites excluding steroid dienone is 4. The molecular formula is C43H80O2Si. The third-order valence-electron chi connectivity index (χ3n) is 9.14. The Morgan fingerprint density at radius 2 is 0.804 bits per heavy atom. The fourth-order valence-electron chi connectivity index (χ4n) is 6.26. The average molecular weight is 657 g/mol. The summed E-state index contributed by atoms with van der Waals surface area (Å²) in [6.45, 7) is 6.40. The largest absolute Gasteiger partial charge is 0.508 e. The van der Waals surface area contributed by atoms with Crippen LogP contribution in [0.4, 0.5) is 0 Å². The Bertz CT molecular complexity index is 787. The predicted molar refractivity (Wildman–Crippen MR) is 211 cm³/mol. The molecule has 0 spiro atoms. The molecule has 0 aliphatic heterocycles. The van der Waals surface area contributed by atoms with Gasteiger partial charge in [0.2, 0.25) is 0 Å². The summed E-state index contributed by atoms with van der Waals surface area (Å²) in [4.78, 5) is 7.71. The van der Waals surface area contributed by atoms with Gasteiger partial charge in [0.15, 0.2) is 9.76 Å². The standard InChI is InChI=1S/C42H74O.CH6OSi/c1-3-5-7-9-11-13-15-17-19-21-23-25-27-29-31-33-36-40-37-35-39-42(43)41(40)38-34-32-30-28-26-24-22-20-18-16-14-12-10-8-6-4-2;1-3-2/h17-20,35,37,39,43H,3-16,21-34,36,38H2,1-2H3;2H,3H2,1H3/b19-17-,20-18-;. The highest BCUT2D eigenvalue weighted by atomic mass is 28.2. The van der Waals surface area contributed by atoms with Crippen molar-refractivity contribution in [2.45, 2.75) is 213 Å². The second kappa shape index (κ2) is 38.1. The van der Waals surface area contributed by atoms with Crippen LogP contribution in [0.1, 0.15) is 205 Å². The van der Waals surface area contributed by atoms with Crippen molar-refractivity contribution in [2.24, 2.45) is 0 Å². The number of hydrogen-bond acceptors (Lipinski definition) is 2. The first kappa shape index (κ1) is 44.7. The predicted octanol–water partition coefficient (Wildman–Crippen LogP) is 13.7. The molecule has 2 nitrogen and oxygen atoms in total. The van der Waals surface area contributed by atoms with Gasteiger partial charge in [-0.05, 0) is 94.2 Å². The van der Waals surface area contributed by atoms with Crippen molar-refractivity contribution in [3.05, 3.63) is 53.6 Å². The molecule has 2 N–H and O–H groups in total. The molecular weight excluding hydrogens is 577 g/mol. The van der Waals surface area contributed by atoms with Crippen molar-refractivity contribution in [1.82, 2.24) is 0 Å². The third kappa shape index (κ3) is 31.3. The third-order valence-corrected chi connectivity index (χ3v) is 9.14. The van der Waals surface area contributed by atoms with E-state index in [4.69, 9.17) is 4.80 Å². The van der Waals surface area contributed by atoms with E-state index in [9.17, 15) is 5.11 Å². The van der Waals surface area contributed by atoms with Gasteiger partial charge >= 0.3 is 0 Å². The molecule has 0 atom stereocenters. The van der Waals surface area contributed by atoms with Crippen molar-refractivity contribution in [2.75, 3.05) is 0 Å². The minimum atomic E-state index is -0.583. The molecule has 0 saturated carbocycles. The molecule has 268 valence electrons. The van der Waals surface area contributed by atoms with Crippen molar-refractivity contribution >= 4 is 9.76 Å². The Balaban J connectivity index is 0.00000647. The Labute approximate surface area is 291 Å². The van der Waals surface area contributed by atoms with Gasteiger partial charge in [-0.3, -0.25) is 0 Å². The lowest BCUT2D eigenvalue weighted by Gasteiger charge is -2.12. The summed E-state index contributed by atoms with van der Waals surface area (Å²) in [6.07, 6.45) is 49.6. The number of rotatable bonds is 32. The molecule has 0 fully saturated rings. The lowest BCUT2D eigenvalue weighted by molar-refractivity contribution is 0.464. The second-order valence-electron chi connectivity index (χ2n) is 13.6. The topological polar surface area (TPSA) is 40.5 Å². The maximum atomic E-state index is 10.5. The highest BCUT2D eigenvalue weighted by molar-refractivity contribution is 6.22. The van der Waals surface area contributed by atoms with E-state index in [2.05, 4.69) is 44.2 Å². The molecule has 1 aromatic rings. The van der Waals surface area contributed by atoms with Gasteiger partial charge in [-0.1, -0.05) is 172 Å². The average Bonchev–Trinajstić information content (AvgIpc) is 3.05. The second-order valence-corrected chi connectivity index (χ2v) is 14.2. The molecule has 0 aliphatic carbocycles. The summed E-state index contributed by atoms with van der Waals surface area (Å²) in [7, 11) is -0.583. The van der Waals surface area contributed by atoms with Crippen molar-refractivity contribution < 1.29 is 9.90 Å². The zero-order valence-corrected chi connectivity index (χ0v) is 32.8. The fraction of sp³-hybridized carbons (Fsp3) is 0.767. The first-order valence-electron chi connectivity index (χ1n) is 20.4. The SMILES string of the molecule is CCCCCCCC/C=C\CCCCCCCCc1cccc(O)c1CCCCCCCC/C=C\CCCCCCCC.C[SiH2]O. The molecule has 0 amide bonds. The Morgan fingerprint density at radius 1 is 0.478 bits per heavy atom. The van der Waals surface area contributed by atoms with Crippen LogP contribution in [0.3, 0.4) is 0 Å². The minimum Gasteiger partial charge on any atom is -0.508 e. The fourth-order valence-corrected chi connectivity index (χ4v) is 6.26. The maximum absolute atomic E-state index is 10.5. The van der Waals surface area contributed by atoms with Crippen LogP contribution in [-0.2, 0) is 12.8 Å². The van der Waals surface area contributed by atoms with Gasteiger partial charge < -0.3 is 9.90 Å². The van der Waals surface area contributed by atoms with Gasteiger partial charge in [0.1, 0.15) is 5.75 Å². The van der Waals surface area contributed by atoms with Gasteiger partial charge in [-0.2, -0.15) is 0 Å². The molecule has 0 heterocycles. The molecule has 0 aromatic heterocycles. The summed E-state index contributed by atoms with van der Waals surface area (Å²) >= 11 is 0. The summed E-state index contributed by atoms with van der Waals surface area (Å²) in [6, 6.07) is 6.18. The normalized spacial score (nSPS) is 11.7. The van der Waals surface area contributed by atoms with Crippen LogP contribution < -0.4 is 0 Å². The van der Waals surface area contributed by atoms with Crippen LogP contribution in [0.2, 0.25) is 6.55 Å². The van der Waals surface area contributed by atoms with E-state index < -0.39 is 9.76 Å². The molecule has 0 bridgehead atoms. The van der Waals surface area contributed by atoms with Crippen molar-refractivity contribution in [3.63, 3.8) is 0 Å². The molecule has 0 radical (unpaired) electrons. The van der Waals surface area contributed by atoms with Crippen LogP contribution >= 0.6 is 0 Å².